The SMILES string of the molecule is C[C@H](Oc1ccccc1)C(=O)N1CCN(c2ncnc3c2cnn3C)CC1. The van der Waals surface area contributed by atoms with Gasteiger partial charge < -0.3 is 14.5 Å². The molecule has 1 fully saturated rings. The van der Waals surface area contributed by atoms with Crippen LogP contribution in [-0.2, 0) is 11.8 Å². The molecule has 0 N–H and O–H groups in total. The van der Waals surface area contributed by atoms with Crippen molar-refractivity contribution < 1.29 is 9.53 Å². The summed E-state index contributed by atoms with van der Waals surface area (Å²) in [4.78, 5) is 25.5. The van der Waals surface area contributed by atoms with Gasteiger partial charge in [-0.1, -0.05) is 18.2 Å². The molecule has 1 saturated heterocycles. The number of para-hydroxylation sites is 1. The molecule has 1 aliphatic rings. The zero-order valence-corrected chi connectivity index (χ0v) is 15.4. The minimum Gasteiger partial charge on any atom is -0.481 e. The van der Waals surface area contributed by atoms with Crippen molar-refractivity contribution in [3.05, 3.63) is 42.9 Å². The van der Waals surface area contributed by atoms with Gasteiger partial charge >= 0.3 is 0 Å². The van der Waals surface area contributed by atoms with Gasteiger partial charge in [-0.25, -0.2) is 9.97 Å². The van der Waals surface area contributed by atoms with E-state index in [0.717, 1.165) is 16.9 Å². The molecule has 1 aromatic carbocycles. The summed E-state index contributed by atoms with van der Waals surface area (Å²) in [5, 5.41) is 5.19. The quantitative estimate of drug-likeness (QED) is 0.696. The van der Waals surface area contributed by atoms with Crippen LogP contribution in [0.1, 0.15) is 6.92 Å². The fourth-order valence-electron chi connectivity index (χ4n) is 3.35. The van der Waals surface area contributed by atoms with E-state index in [4.69, 9.17) is 4.74 Å². The Balaban J connectivity index is 1.40. The number of carbonyl (C=O) groups is 1. The molecule has 27 heavy (non-hydrogen) atoms. The smallest absolute Gasteiger partial charge is 0.263 e. The molecule has 3 aromatic rings. The van der Waals surface area contributed by atoms with Crippen molar-refractivity contribution in [2.75, 3.05) is 31.1 Å². The van der Waals surface area contributed by atoms with Gasteiger partial charge in [-0.15, -0.1) is 0 Å². The monoisotopic (exact) mass is 366 g/mol. The average molecular weight is 366 g/mol. The molecule has 140 valence electrons. The number of rotatable bonds is 4. The lowest BCUT2D eigenvalue weighted by Gasteiger charge is -2.36. The number of aromatic nitrogens is 4. The van der Waals surface area contributed by atoms with E-state index in [0.29, 0.717) is 31.9 Å². The number of carbonyl (C=O) groups excluding carboxylic acids is 1. The third-order valence-corrected chi connectivity index (χ3v) is 4.80. The number of hydrogen-bond donors (Lipinski definition) is 0. The van der Waals surface area contributed by atoms with Gasteiger partial charge in [-0.2, -0.15) is 5.10 Å². The minimum atomic E-state index is -0.511. The van der Waals surface area contributed by atoms with E-state index in [2.05, 4.69) is 20.0 Å². The molecule has 1 aliphatic heterocycles. The van der Waals surface area contributed by atoms with E-state index in [1.165, 1.54) is 0 Å². The van der Waals surface area contributed by atoms with Crippen LogP contribution in [0.25, 0.3) is 11.0 Å². The summed E-state index contributed by atoms with van der Waals surface area (Å²) < 4.78 is 7.50. The van der Waals surface area contributed by atoms with Crippen molar-refractivity contribution in [3.63, 3.8) is 0 Å². The Morgan fingerprint density at radius 1 is 1.11 bits per heavy atom. The summed E-state index contributed by atoms with van der Waals surface area (Å²) in [5.41, 5.74) is 0.809. The Bertz CT molecular complexity index is 934. The Kier molecular flexibility index (Phi) is 4.62. The number of hydrogen-bond acceptors (Lipinski definition) is 6. The zero-order chi connectivity index (χ0) is 18.8. The maximum Gasteiger partial charge on any atom is 0.263 e. The summed E-state index contributed by atoms with van der Waals surface area (Å²) in [6.45, 7) is 4.49. The van der Waals surface area contributed by atoms with Crippen molar-refractivity contribution >= 4 is 22.8 Å². The first-order chi connectivity index (χ1) is 13.1. The maximum absolute atomic E-state index is 12.7. The Labute approximate surface area is 157 Å². The highest BCUT2D eigenvalue weighted by Crippen LogP contribution is 2.23. The molecule has 8 nitrogen and oxygen atoms in total. The zero-order valence-electron chi connectivity index (χ0n) is 15.4. The predicted octanol–water partition coefficient (Wildman–Crippen LogP) is 1.48. The largest absolute Gasteiger partial charge is 0.481 e. The summed E-state index contributed by atoms with van der Waals surface area (Å²) in [7, 11) is 1.86. The van der Waals surface area contributed by atoms with E-state index >= 15 is 0 Å². The molecule has 0 aliphatic carbocycles. The molecule has 0 bridgehead atoms. The van der Waals surface area contributed by atoms with Crippen LogP contribution in [0.4, 0.5) is 5.82 Å². The molecule has 1 amide bonds. The molecule has 1 atom stereocenters. The molecule has 0 unspecified atom stereocenters. The molecule has 4 rings (SSSR count). The third-order valence-electron chi connectivity index (χ3n) is 4.80. The van der Waals surface area contributed by atoms with E-state index in [9.17, 15) is 4.79 Å². The lowest BCUT2D eigenvalue weighted by atomic mass is 10.2. The first-order valence-electron chi connectivity index (χ1n) is 9.01. The number of anilines is 1. The van der Waals surface area contributed by atoms with Crippen molar-refractivity contribution in [3.8, 4) is 5.75 Å². The molecule has 2 aromatic heterocycles. The van der Waals surface area contributed by atoms with Gasteiger partial charge in [0.1, 0.15) is 17.9 Å². The van der Waals surface area contributed by atoms with Gasteiger partial charge in [0, 0.05) is 33.2 Å². The fraction of sp³-hybridized carbons (Fsp3) is 0.368. The Morgan fingerprint density at radius 3 is 2.59 bits per heavy atom. The van der Waals surface area contributed by atoms with Crippen molar-refractivity contribution in [2.45, 2.75) is 13.0 Å². The predicted molar refractivity (Wildman–Crippen MR) is 102 cm³/mol. The van der Waals surface area contributed by atoms with Crippen LogP contribution < -0.4 is 9.64 Å². The summed E-state index contributed by atoms with van der Waals surface area (Å²) in [6.07, 6.45) is 2.84. The summed E-state index contributed by atoms with van der Waals surface area (Å²) in [5.74, 6) is 1.58. The number of ether oxygens (including phenoxy) is 1. The van der Waals surface area contributed by atoms with Gasteiger partial charge in [0.15, 0.2) is 11.8 Å². The minimum absolute atomic E-state index is 0.00714. The van der Waals surface area contributed by atoms with E-state index < -0.39 is 6.10 Å². The van der Waals surface area contributed by atoms with E-state index in [-0.39, 0.29) is 5.91 Å². The number of benzene rings is 1. The number of amides is 1. The van der Waals surface area contributed by atoms with Crippen LogP contribution in [0, 0.1) is 0 Å². The first kappa shape index (κ1) is 17.3. The third kappa shape index (κ3) is 3.42. The maximum atomic E-state index is 12.7. The first-order valence-corrected chi connectivity index (χ1v) is 9.01. The highest BCUT2D eigenvalue weighted by molar-refractivity contribution is 5.87. The highest BCUT2D eigenvalue weighted by atomic mass is 16.5. The molecule has 0 spiro atoms. The van der Waals surface area contributed by atoms with Gasteiger partial charge in [0.25, 0.3) is 5.91 Å². The van der Waals surface area contributed by atoms with E-state index in [1.807, 2.05) is 42.3 Å². The topological polar surface area (TPSA) is 76.4 Å². The van der Waals surface area contributed by atoms with Crippen LogP contribution in [0.15, 0.2) is 42.9 Å². The van der Waals surface area contributed by atoms with Gasteiger partial charge in [-0.3, -0.25) is 9.48 Å². The van der Waals surface area contributed by atoms with Crippen LogP contribution in [0.2, 0.25) is 0 Å². The number of fused-ring (bicyclic) bond motifs is 1. The Hall–Kier alpha value is -3.16. The standard InChI is InChI=1S/C19H22N6O2/c1-14(27-15-6-4-3-5-7-15)19(26)25-10-8-24(9-11-25)18-16-12-22-23(2)17(16)20-13-21-18/h3-7,12-14H,8-11H2,1-2H3/t14-/m0/s1. The lowest BCUT2D eigenvalue weighted by molar-refractivity contribution is -0.138. The lowest BCUT2D eigenvalue weighted by Crippen LogP contribution is -2.52. The van der Waals surface area contributed by atoms with Crippen LogP contribution in [0.5, 0.6) is 5.75 Å². The summed E-state index contributed by atoms with van der Waals surface area (Å²) >= 11 is 0. The van der Waals surface area contributed by atoms with Crippen LogP contribution in [0.3, 0.4) is 0 Å². The van der Waals surface area contributed by atoms with Gasteiger partial charge in [-0.05, 0) is 19.1 Å². The normalized spacial score (nSPS) is 15.8. The molecule has 0 saturated carbocycles. The second-order valence-electron chi connectivity index (χ2n) is 6.59. The molecule has 3 heterocycles. The van der Waals surface area contributed by atoms with Crippen LogP contribution >= 0.6 is 0 Å². The average Bonchev–Trinajstić information content (AvgIpc) is 3.09. The van der Waals surface area contributed by atoms with E-state index in [1.54, 1.807) is 24.1 Å². The van der Waals surface area contributed by atoms with Gasteiger partial charge in [0.05, 0.1) is 11.6 Å². The van der Waals surface area contributed by atoms with Crippen molar-refractivity contribution in [2.24, 2.45) is 7.05 Å². The number of piperazine rings is 1. The fourth-order valence-corrected chi connectivity index (χ4v) is 3.35. The number of aryl methyl sites for hydroxylation is 1. The van der Waals surface area contributed by atoms with Gasteiger partial charge in [0.2, 0.25) is 0 Å². The summed E-state index contributed by atoms with van der Waals surface area (Å²) in [6, 6.07) is 9.43. The molecular weight excluding hydrogens is 344 g/mol. The molecule has 8 heteroatoms. The second kappa shape index (κ2) is 7.22. The van der Waals surface area contributed by atoms with Crippen LogP contribution in [-0.4, -0.2) is 62.8 Å². The molecule has 0 radical (unpaired) electrons. The van der Waals surface area contributed by atoms with Crippen molar-refractivity contribution in [1.82, 2.24) is 24.6 Å². The Morgan fingerprint density at radius 2 is 1.85 bits per heavy atom. The molecular formula is C19H22N6O2. The highest BCUT2D eigenvalue weighted by Gasteiger charge is 2.27. The number of nitrogens with zero attached hydrogens (tertiary/aromatic N) is 6. The van der Waals surface area contributed by atoms with Crippen molar-refractivity contribution in [1.29, 1.82) is 0 Å². The second-order valence-corrected chi connectivity index (χ2v) is 6.59.